The molecule has 8 N–H and O–H groups in total. The van der Waals surface area contributed by atoms with Crippen molar-refractivity contribution in [3.8, 4) is 0 Å². The van der Waals surface area contributed by atoms with Gasteiger partial charge >= 0.3 is 18.1 Å². The number of hydrogen-bond acceptors (Lipinski definition) is 11. The molecule has 0 spiro atoms. The standard InChI is InChI=1S/C45H78N10O3/c1-9-11-13-15-17-25-33-52-39(46)50-42(3,4)54(7,35-31-37-27-21-19-22-28-37)44(52,48)57-41(56)58-45(49)53(34-26-18-16-14-12-10-2)40(47)51-43(5,6)55(45,8)36-32-38-29-23-20-24-30-38/h19-24,27-30H,9-18,25-26,31-36,48-49H2,1-8H3,(H2,46,50)(H2,47,51)/q+2. The van der Waals surface area contributed by atoms with Crippen LogP contribution in [0, 0.1) is 0 Å². The number of quaternary nitrogens is 2. The highest BCUT2D eigenvalue weighted by atomic mass is 16.8. The fourth-order valence-corrected chi connectivity index (χ4v) is 8.64. The first-order valence-corrected chi connectivity index (χ1v) is 22.0. The summed E-state index contributed by atoms with van der Waals surface area (Å²) in [5, 5.41) is 0. The maximum Gasteiger partial charge on any atom is 0.522 e. The van der Waals surface area contributed by atoms with Crippen molar-refractivity contribution in [2.75, 3.05) is 40.3 Å². The molecular weight excluding hydrogens is 729 g/mol. The van der Waals surface area contributed by atoms with Crippen LogP contribution in [0.5, 0.6) is 0 Å². The summed E-state index contributed by atoms with van der Waals surface area (Å²) in [6.07, 6.45) is 13.0. The van der Waals surface area contributed by atoms with E-state index in [2.05, 4.69) is 38.1 Å². The van der Waals surface area contributed by atoms with Crippen LogP contribution in [0.2, 0.25) is 0 Å². The summed E-state index contributed by atoms with van der Waals surface area (Å²) in [5.74, 6) is -3.20. The highest BCUT2D eigenvalue weighted by Gasteiger charge is 2.68. The normalized spacial score (nSPS) is 26.5. The van der Waals surface area contributed by atoms with Crippen LogP contribution in [0.4, 0.5) is 4.79 Å². The van der Waals surface area contributed by atoms with E-state index in [1.165, 1.54) is 12.8 Å². The highest BCUT2D eigenvalue weighted by molar-refractivity contribution is 5.80. The van der Waals surface area contributed by atoms with E-state index in [9.17, 15) is 4.79 Å². The van der Waals surface area contributed by atoms with Gasteiger partial charge in [-0.3, -0.25) is 0 Å². The first-order chi connectivity index (χ1) is 27.4. The molecule has 0 saturated heterocycles. The van der Waals surface area contributed by atoms with Gasteiger partial charge in [-0.1, -0.05) is 139 Å². The Bertz CT molecular complexity index is 1540. The van der Waals surface area contributed by atoms with Crippen molar-refractivity contribution in [2.24, 2.45) is 32.9 Å². The Balaban J connectivity index is 1.75. The fraction of sp³-hybridized carbons (Fsp3) is 0.667. The minimum Gasteiger partial charge on any atom is -0.369 e. The number of benzene rings is 2. The number of unbranched alkanes of at least 4 members (excludes halogenated alkanes) is 10. The lowest BCUT2D eigenvalue weighted by molar-refractivity contribution is -1.04. The first-order valence-electron chi connectivity index (χ1n) is 22.0. The van der Waals surface area contributed by atoms with Crippen molar-refractivity contribution in [3.05, 3.63) is 71.8 Å². The monoisotopic (exact) mass is 807 g/mol. The SMILES string of the molecule is CCCCCCCCN1C(N)=NC(C)(C)[N+](C)(CCc2ccccc2)C1(N)OC(=O)OC1(N)N(CCCCCCCC)C(N)=NC(C)(C)[N+]1(C)CCc1ccccc1. The number of carbonyl (C=O) groups excluding carboxylic acids is 1. The van der Waals surface area contributed by atoms with Gasteiger partial charge < -0.3 is 20.9 Å². The topological polar surface area (TPSA) is 171 Å². The summed E-state index contributed by atoms with van der Waals surface area (Å²) >= 11 is 0. The zero-order chi connectivity index (χ0) is 42.7. The van der Waals surface area contributed by atoms with Gasteiger partial charge in [-0.2, -0.15) is 9.98 Å². The molecule has 0 aliphatic carbocycles. The highest BCUT2D eigenvalue weighted by Crippen LogP contribution is 2.42. The van der Waals surface area contributed by atoms with Crippen molar-refractivity contribution < 1.29 is 23.2 Å². The minimum absolute atomic E-state index is 0.00873. The lowest BCUT2D eigenvalue weighted by Crippen LogP contribution is -2.87. The molecule has 0 radical (unpaired) electrons. The van der Waals surface area contributed by atoms with Crippen molar-refractivity contribution in [1.82, 2.24) is 9.80 Å². The molecule has 0 aromatic heterocycles. The Kier molecular flexibility index (Phi) is 16.0. The number of nitrogens with zero attached hydrogens (tertiary/aromatic N) is 6. The molecule has 0 saturated carbocycles. The number of guanidine groups is 2. The molecule has 13 nitrogen and oxygen atoms in total. The first kappa shape index (κ1) is 46.8. The number of hydrogen-bond donors (Lipinski definition) is 4. The minimum atomic E-state index is -1.82. The molecule has 2 aliphatic rings. The maximum atomic E-state index is 14.9. The molecular formula is C45H78N10O3+2. The average molecular weight is 807 g/mol. The maximum absolute atomic E-state index is 14.9. The van der Waals surface area contributed by atoms with E-state index in [0.717, 1.165) is 75.3 Å². The lowest BCUT2D eigenvalue weighted by Gasteiger charge is -2.60. The fourth-order valence-electron chi connectivity index (χ4n) is 8.64. The van der Waals surface area contributed by atoms with E-state index >= 15 is 0 Å². The van der Waals surface area contributed by atoms with Gasteiger partial charge in [-0.15, -0.1) is 0 Å². The third kappa shape index (κ3) is 10.1. The predicted molar refractivity (Wildman–Crippen MR) is 235 cm³/mol. The van der Waals surface area contributed by atoms with Crippen molar-refractivity contribution in [2.45, 2.75) is 155 Å². The van der Waals surface area contributed by atoms with E-state index < -0.39 is 29.4 Å². The molecule has 4 unspecified atom stereocenters. The van der Waals surface area contributed by atoms with Crippen molar-refractivity contribution in [3.63, 3.8) is 0 Å². The summed E-state index contributed by atoms with van der Waals surface area (Å²) in [6.45, 7) is 14.2. The number of ether oxygens (including phenoxy) is 2. The van der Waals surface area contributed by atoms with Crippen LogP contribution < -0.4 is 22.9 Å². The summed E-state index contributed by atoms with van der Waals surface area (Å²) in [6, 6.07) is 20.4. The van der Waals surface area contributed by atoms with Crippen molar-refractivity contribution in [1.29, 1.82) is 0 Å². The lowest BCUT2D eigenvalue weighted by atomic mass is 10.0. The Labute approximate surface area is 350 Å². The van der Waals surface area contributed by atoms with Crippen LogP contribution in [0.1, 0.15) is 130 Å². The van der Waals surface area contributed by atoms with E-state index in [1.807, 2.05) is 78.2 Å². The molecule has 4 atom stereocenters. The Morgan fingerprint density at radius 2 is 0.914 bits per heavy atom. The summed E-state index contributed by atoms with van der Waals surface area (Å²) < 4.78 is 13.2. The molecule has 4 rings (SSSR count). The Hall–Kier alpha value is -3.91. The zero-order valence-corrected chi connectivity index (χ0v) is 37.2. The van der Waals surface area contributed by atoms with Crippen LogP contribution in [0.3, 0.4) is 0 Å². The van der Waals surface area contributed by atoms with Gasteiger partial charge in [0.05, 0.1) is 27.2 Å². The second-order valence-corrected chi connectivity index (χ2v) is 17.8. The quantitative estimate of drug-likeness (QED) is 0.0419. The average Bonchev–Trinajstić information content (AvgIpc) is 3.17. The number of nitrogens with two attached hydrogens (primary N) is 4. The second kappa shape index (κ2) is 19.9. The molecule has 2 aromatic rings. The van der Waals surface area contributed by atoms with E-state index in [4.69, 9.17) is 42.4 Å². The molecule has 324 valence electrons. The molecule has 58 heavy (non-hydrogen) atoms. The third-order valence-electron chi connectivity index (χ3n) is 13.3. The Morgan fingerprint density at radius 1 is 0.586 bits per heavy atom. The number of carbonyl (C=O) groups is 1. The Morgan fingerprint density at radius 3 is 1.26 bits per heavy atom. The third-order valence-corrected chi connectivity index (χ3v) is 13.3. The molecule has 2 aromatic carbocycles. The summed E-state index contributed by atoms with van der Waals surface area (Å²) in [4.78, 5) is 28.4. The van der Waals surface area contributed by atoms with E-state index in [-0.39, 0.29) is 20.9 Å². The van der Waals surface area contributed by atoms with Gasteiger partial charge in [-0.05, 0) is 24.0 Å². The van der Waals surface area contributed by atoms with E-state index in [1.54, 1.807) is 9.80 Å². The predicted octanol–water partition coefficient (Wildman–Crippen LogP) is 7.11. The van der Waals surface area contributed by atoms with Crippen LogP contribution in [0.25, 0.3) is 0 Å². The molecule has 0 bridgehead atoms. The van der Waals surface area contributed by atoms with Gasteiger partial charge in [0.15, 0.2) is 11.3 Å². The van der Waals surface area contributed by atoms with Crippen LogP contribution >= 0.6 is 0 Å². The smallest absolute Gasteiger partial charge is 0.369 e. The number of aliphatic imine (C=N–C) groups is 2. The molecule has 2 heterocycles. The summed E-state index contributed by atoms with van der Waals surface area (Å²) in [5.41, 5.74) is 29.3. The van der Waals surface area contributed by atoms with Gasteiger partial charge in [-0.25, -0.2) is 35.0 Å². The number of rotatable bonds is 22. The van der Waals surface area contributed by atoms with Crippen molar-refractivity contribution >= 4 is 18.1 Å². The zero-order valence-electron chi connectivity index (χ0n) is 37.2. The largest absolute Gasteiger partial charge is 0.522 e. The molecule has 0 amide bonds. The van der Waals surface area contributed by atoms with Gasteiger partial charge in [0.2, 0.25) is 11.9 Å². The van der Waals surface area contributed by atoms with Gasteiger partial charge in [0.25, 0.3) is 0 Å². The number of likely N-dealkylation sites (N-methyl/N-ethyl adjacent to an activating group) is 2. The van der Waals surface area contributed by atoms with Gasteiger partial charge in [0.1, 0.15) is 0 Å². The molecule has 0 fully saturated rings. The van der Waals surface area contributed by atoms with Crippen LogP contribution in [0.15, 0.2) is 70.6 Å². The van der Waals surface area contributed by atoms with Gasteiger partial charge in [0, 0.05) is 53.6 Å². The molecule has 13 heteroatoms. The van der Waals surface area contributed by atoms with E-state index in [0.29, 0.717) is 39.0 Å². The second-order valence-electron chi connectivity index (χ2n) is 17.8. The van der Waals surface area contributed by atoms with Crippen LogP contribution in [-0.4, -0.2) is 100 Å². The summed E-state index contributed by atoms with van der Waals surface area (Å²) in [7, 11) is 3.97. The van der Waals surface area contributed by atoms with Crippen LogP contribution in [-0.2, 0) is 22.3 Å². The molecule has 2 aliphatic heterocycles.